The van der Waals surface area contributed by atoms with E-state index in [9.17, 15) is 0 Å². The van der Waals surface area contributed by atoms with Gasteiger partial charge >= 0.3 is 17.1 Å². The molecule has 7 heteroatoms. The highest BCUT2D eigenvalue weighted by Crippen LogP contribution is 2.21. The van der Waals surface area contributed by atoms with Gasteiger partial charge in [0.25, 0.3) is 0 Å². The van der Waals surface area contributed by atoms with Gasteiger partial charge in [-0.1, -0.05) is 13.8 Å². The summed E-state index contributed by atoms with van der Waals surface area (Å²) < 4.78 is 22.8. The van der Waals surface area contributed by atoms with Crippen LogP contribution in [0.2, 0.25) is 0 Å². The lowest BCUT2D eigenvalue weighted by molar-refractivity contribution is 0.214. The maximum atomic E-state index is 5.69. The Kier molecular flexibility index (Phi) is 9.54. The van der Waals surface area contributed by atoms with Gasteiger partial charge in [-0.15, -0.1) is 13.2 Å². The molecule has 124 valence electrons. The van der Waals surface area contributed by atoms with E-state index in [1.807, 2.05) is 11.4 Å². The predicted molar refractivity (Wildman–Crippen MR) is 91.2 cm³/mol. The molecule has 0 amide bonds. The van der Waals surface area contributed by atoms with Crippen LogP contribution in [-0.2, 0) is 17.7 Å². The van der Waals surface area contributed by atoms with Crippen LogP contribution in [0.15, 0.2) is 24.6 Å². The van der Waals surface area contributed by atoms with Gasteiger partial charge in [0.2, 0.25) is 0 Å². The van der Waals surface area contributed by atoms with Gasteiger partial charge in [-0.2, -0.15) is 0 Å². The van der Waals surface area contributed by atoms with Crippen LogP contribution >= 0.6 is 0 Å². The summed E-state index contributed by atoms with van der Waals surface area (Å²) in [5.74, 6) is 0. The van der Waals surface area contributed by atoms with Crippen molar-refractivity contribution in [2.24, 2.45) is 0 Å². The normalized spacial score (nSPS) is 15.5. The fourth-order valence-electron chi connectivity index (χ4n) is 2.63. The molecule has 0 saturated carbocycles. The molecule has 2 atom stereocenters. The zero-order valence-corrected chi connectivity index (χ0v) is 16.3. The van der Waals surface area contributed by atoms with E-state index in [2.05, 4.69) is 32.3 Å². The molecule has 0 bridgehead atoms. The van der Waals surface area contributed by atoms with Gasteiger partial charge in [0, 0.05) is 28.4 Å². The average Bonchev–Trinajstić information content (AvgIpc) is 2.55. The van der Waals surface area contributed by atoms with E-state index < -0.39 is 17.1 Å². The van der Waals surface area contributed by atoms with Gasteiger partial charge in [0.05, 0.1) is 11.3 Å². The first kappa shape index (κ1) is 20.7. The van der Waals surface area contributed by atoms with Crippen LogP contribution in [0, 0.1) is 0 Å². The Labute approximate surface area is 131 Å². The Balaban J connectivity index is 5.41. The Morgan fingerprint density at radius 3 is 1.24 bits per heavy atom. The molecule has 0 aromatic carbocycles. The minimum atomic E-state index is -2.51. The van der Waals surface area contributed by atoms with Crippen LogP contribution < -0.4 is 5.32 Å². The van der Waals surface area contributed by atoms with Gasteiger partial charge in [0.1, 0.15) is 0 Å². The van der Waals surface area contributed by atoms with Crippen molar-refractivity contribution in [3.05, 3.63) is 24.6 Å². The van der Waals surface area contributed by atoms with E-state index in [1.54, 1.807) is 28.4 Å². The molecular formula is C14H31NO4Si2. The van der Waals surface area contributed by atoms with Crippen molar-refractivity contribution in [1.82, 2.24) is 5.32 Å². The quantitative estimate of drug-likeness (QED) is 0.555. The van der Waals surface area contributed by atoms with E-state index in [-0.39, 0.29) is 11.3 Å². The molecular weight excluding hydrogens is 302 g/mol. The molecule has 0 aromatic heterocycles. The summed E-state index contributed by atoms with van der Waals surface area (Å²) in [6, 6.07) is 0. The second-order valence-electron chi connectivity index (χ2n) is 4.76. The highest BCUT2D eigenvalue weighted by atomic mass is 28.4. The van der Waals surface area contributed by atoms with Gasteiger partial charge < -0.3 is 23.0 Å². The Morgan fingerprint density at radius 1 is 0.810 bits per heavy atom. The monoisotopic (exact) mass is 333 g/mol. The SMILES string of the molecule is C=C[Si](OC)(OC)C(CC)NC(CC)[Si](C=C)(OC)OC. The Bertz CT molecular complexity index is 290. The second-order valence-corrected chi connectivity index (χ2v) is 11.5. The molecule has 0 spiro atoms. The smallest absolute Gasteiger partial charge is 0.381 e. The second kappa shape index (κ2) is 9.67. The van der Waals surface area contributed by atoms with Crippen LogP contribution in [0.1, 0.15) is 26.7 Å². The van der Waals surface area contributed by atoms with Crippen molar-refractivity contribution >= 4 is 17.1 Å². The number of hydrogen-bond donors (Lipinski definition) is 1. The number of nitrogens with one attached hydrogen (secondary N) is 1. The fraction of sp³-hybridized carbons (Fsp3) is 0.714. The molecule has 0 fully saturated rings. The summed E-state index contributed by atoms with van der Waals surface area (Å²) >= 11 is 0. The lowest BCUT2D eigenvalue weighted by atomic mass is 10.4. The van der Waals surface area contributed by atoms with Crippen LogP contribution in [0.25, 0.3) is 0 Å². The Hall–Kier alpha value is -0.286. The van der Waals surface area contributed by atoms with Crippen LogP contribution in [0.3, 0.4) is 0 Å². The highest BCUT2D eigenvalue weighted by Gasteiger charge is 2.47. The van der Waals surface area contributed by atoms with E-state index in [1.165, 1.54) is 0 Å². The van der Waals surface area contributed by atoms with Gasteiger partial charge in [-0.3, -0.25) is 0 Å². The summed E-state index contributed by atoms with van der Waals surface area (Å²) in [5.41, 5.74) is 3.76. The van der Waals surface area contributed by atoms with Crippen LogP contribution in [0.5, 0.6) is 0 Å². The topological polar surface area (TPSA) is 49.0 Å². The highest BCUT2D eigenvalue weighted by molar-refractivity contribution is 6.75. The van der Waals surface area contributed by atoms with Gasteiger partial charge in [-0.25, -0.2) is 0 Å². The molecule has 21 heavy (non-hydrogen) atoms. The van der Waals surface area contributed by atoms with E-state index in [4.69, 9.17) is 17.7 Å². The fourth-order valence-corrected chi connectivity index (χ4v) is 7.51. The molecule has 0 aliphatic rings. The molecule has 0 aliphatic heterocycles. The summed E-state index contributed by atoms with van der Waals surface area (Å²) in [6.45, 7) is 12.0. The minimum Gasteiger partial charge on any atom is -0.394 e. The minimum absolute atomic E-state index is 0.0621. The number of hydrogen-bond acceptors (Lipinski definition) is 5. The summed E-state index contributed by atoms with van der Waals surface area (Å²) in [4.78, 5) is 0. The third-order valence-electron chi connectivity index (χ3n) is 4.04. The van der Waals surface area contributed by atoms with Crippen molar-refractivity contribution in [3.8, 4) is 0 Å². The lowest BCUT2D eigenvalue weighted by Crippen LogP contribution is -2.66. The van der Waals surface area contributed by atoms with E-state index in [0.29, 0.717) is 0 Å². The van der Waals surface area contributed by atoms with Crippen molar-refractivity contribution in [2.45, 2.75) is 38.0 Å². The Morgan fingerprint density at radius 2 is 1.10 bits per heavy atom. The molecule has 0 rings (SSSR count). The average molecular weight is 334 g/mol. The van der Waals surface area contributed by atoms with Gasteiger partial charge in [0.15, 0.2) is 0 Å². The summed E-state index contributed by atoms with van der Waals surface area (Å²) in [6.07, 6.45) is 1.73. The lowest BCUT2D eigenvalue weighted by Gasteiger charge is -2.39. The molecule has 0 aromatic rings. The third kappa shape index (κ3) is 4.35. The molecule has 1 N–H and O–H groups in total. The van der Waals surface area contributed by atoms with Crippen molar-refractivity contribution in [1.29, 1.82) is 0 Å². The molecule has 5 nitrogen and oxygen atoms in total. The largest absolute Gasteiger partial charge is 0.394 e. The zero-order chi connectivity index (χ0) is 16.5. The summed E-state index contributed by atoms with van der Waals surface area (Å²) in [5, 5.41) is 3.62. The van der Waals surface area contributed by atoms with E-state index >= 15 is 0 Å². The molecule has 0 aliphatic carbocycles. The summed E-state index contributed by atoms with van der Waals surface area (Å²) in [7, 11) is 1.67. The first-order chi connectivity index (χ1) is 9.99. The third-order valence-corrected chi connectivity index (χ3v) is 10.8. The first-order valence-corrected chi connectivity index (χ1v) is 11.2. The molecule has 0 saturated heterocycles. The van der Waals surface area contributed by atoms with Crippen molar-refractivity contribution in [3.63, 3.8) is 0 Å². The number of rotatable bonds is 12. The van der Waals surface area contributed by atoms with Crippen LogP contribution in [-0.4, -0.2) is 56.9 Å². The van der Waals surface area contributed by atoms with Crippen molar-refractivity contribution in [2.75, 3.05) is 28.4 Å². The van der Waals surface area contributed by atoms with Crippen molar-refractivity contribution < 1.29 is 17.7 Å². The standard InChI is InChI=1S/C14H31NO4Si2/c1-9-13(20(11-3,16-5)17-6)15-14(10-2)21(12-4,18-7)19-8/h11-15H,3-4,9-10H2,1-2,5-8H3. The zero-order valence-electron chi connectivity index (χ0n) is 14.3. The first-order valence-electron chi connectivity index (χ1n) is 7.23. The predicted octanol–water partition coefficient (Wildman–Crippen LogP) is 2.13. The maximum Gasteiger partial charge on any atom is 0.381 e. The molecule has 2 unspecified atom stereocenters. The molecule has 0 radical (unpaired) electrons. The van der Waals surface area contributed by atoms with Crippen LogP contribution in [0.4, 0.5) is 0 Å². The van der Waals surface area contributed by atoms with E-state index in [0.717, 1.165) is 12.8 Å². The molecule has 0 heterocycles. The maximum absolute atomic E-state index is 5.69. The van der Waals surface area contributed by atoms with Gasteiger partial charge in [-0.05, 0) is 24.2 Å².